The molecule has 1 aliphatic heterocycles. The lowest BCUT2D eigenvalue weighted by Gasteiger charge is -2.40. The molecule has 3 heterocycles. The Bertz CT molecular complexity index is 1060. The third-order valence-corrected chi connectivity index (χ3v) is 5.01. The number of hydrogen-bond donors (Lipinski definition) is 0. The van der Waals surface area contributed by atoms with Crippen LogP contribution in [0, 0.1) is 0 Å². The topological polar surface area (TPSA) is 75.9 Å². The number of anilines is 2. The van der Waals surface area contributed by atoms with Gasteiger partial charge in [-0.05, 0) is 48.4 Å². The van der Waals surface area contributed by atoms with E-state index in [1.165, 1.54) is 13.2 Å². The van der Waals surface area contributed by atoms with E-state index in [-0.39, 0.29) is 23.6 Å². The van der Waals surface area contributed by atoms with Gasteiger partial charge in [0.1, 0.15) is 0 Å². The molecule has 1 aromatic carbocycles. The third-order valence-electron chi connectivity index (χ3n) is 5.01. The van der Waals surface area contributed by atoms with Gasteiger partial charge < -0.3 is 19.0 Å². The van der Waals surface area contributed by atoms with E-state index in [0.717, 1.165) is 11.1 Å². The highest BCUT2D eigenvalue weighted by atomic mass is 16.5. The molecule has 0 bridgehead atoms. The number of fused-ring (bicyclic) bond motifs is 1. The standard InChI is InChI=1S/C22H21N3O4/c1-14-13-24(22(27)20-5-4-10-29-20)19-11-16(6-7-18(19)25(14)15(2)26)17-8-9-23-21(12-17)28-3/h4-12,14H,13H2,1-3H3. The smallest absolute Gasteiger partial charge is 0.294 e. The van der Waals surface area contributed by atoms with E-state index >= 15 is 0 Å². The van der Waals surface area contributed by atoms with Crippen LogP contribution in [0.4, 0.5) is 11.4 Å². The number of benzene rings is 1. The number of amides is 2. The summed E-state index contributed by atoms with van der Waals surface area (Å²) in [5, 5.41) is 0. The van der Waals surface area contributed by atoms with Gasteiger partial charge in [0, 0.05) is 25.7 Å². The van der Waals surface area contributed by atoms with Crippen molar-refractivity contribution in [3.63, 3.8) is 0 Å². The minimum atomic E-state index is -0.240. The largest absolute Gasteiger partial charge is 0.481 e. The Morgan fingerprint density at radius 3 is 2.62 bits per heavy atom. The van der Waals surface area contributed by atoms with Gasteiger partial charge in [-0.2, -0.15) is 0 Å². The summed E-state index contributed by atoms with van der Waals surface area (Å²) in [6.07, 6.45) is 3.15. The molecule has 3 aromatic rings. The van der Waals surface area contributed by atoms with Crippen LogP contribution in [0.2, 0.25) is 0 Å². The number of aromatic nitrogens is 1. The summed E-state index contributed by atoms with van der Waals surface area (Å²) in [5.74, 6) is 0.455. The highest BCUT2D eigenvalue weighted by Gasteiger charge is 2.35. The first kappa shape index (κ1) is 18.7. The average molecular weight is 391 g/mol. The average Bonchev–Trinajstić information content (AvgIpc) is 3.27. The predicted molar refractivity (Wildman–Crippen MR) is 109 cm³/mol. The van der Waals surface area contributed by atoms with Crippen LogP contribution in [0.3, 0.4) is 0 Å². The van der Waals surface area contributed by atoms with E-state index in [4.69, 9.17) is 9.15 Å². The van der Waals surface area contributed by atoms with Crippen LogP contribution in [0.15, 0.2) is 59.3 Å². The van der Waals surface area contributed by atoms with Gasteiger partial charge in [0.15, 0.2) is 5.76 Å². The summed E-state index contributed by atoms with van der Waals surface area (Å²) in [6.45, 7) is 3.83. The molecule has 1 aliphatic rings. The number of pyridine rings is 1. The maximum Gasteiger partial charge on any atom is 0.294 e. The zero-order chi connectivity index (χ0) is 20.5. The van der Waals surface area contributed by atoms with Gasteiger partial charge in [-0.1, -0.05) is 6.07 Å². The Morgan fingerprint density at radius 1 is 1.14 bits per heavy atom. The zero-order valence-electron chi connectivity index (χ0n) is 16.5. The molecule has 29 heavy (non-hydrogen) atoms. The van der Waals surface area contributed by atoms with Crippen molar-refractivity contribution in [1.29, 1.82) is 0 Å². The van der Waals surface area contributed by atoms with Crippen molar-refractivity contribution < 1.29 is 18.7 Å². The molecule has 1 atom stereocenters. The monoisotopic (exact) mass is 391 g/mol. The lowest BCUT2D eigenvalue weighted by atomic mass is 10.0. The molecule has 0 aliphatic carbocycles. The van der Waals surface area contributed by atoms with Crippen molar-refractivity contribution in [2.24, 2.45) is 0 Å². The van der Waals surface area contributed by atoms with Crippen molar-refractivity contribution in [3.8, 4) is 17.0 Å². The number of carbonyl (C=O) groups is 2. The number of rotatable bonds is 3. The highest BCUT2D eigenvalue weighted by molar-refractivity contribution is 6.10. The lowest BCUT2D eigenvalue weighted by molar-refractivity contribution is -0.117. The summed E-state index contributed by atoms with van der Waals surface area (Å²) in [4.78, 5) is 32.9. The Labute approximate surface area is 168 Å². The molecule has 0 spiro atoms. The Balaban J connectivity index is 1.84. The second kappa shape index (κ2) is 7.43. The second-order valence-electron chi connectivity index (χ2n) is 6.92. The molecule has 7 heteroatoms. The molecular formula is C22H21N3O4. The van der Waals surface area contributed by atoms with E-state index in [0.29, 0.717) is 23.8 Å². The number of carbonyl (C=O) groups excluding carboxylic acids is 2. The molecule has 148 valence electrons. The van der Waals surface area contributed by atoms with Gasteiger partial charge in [0.2, 0.25) is 11.8 Å². The Kier molecular flexibility index (Phi) is 4.80. The van der Waals surface area contributed by atoms with Gasteiger partial charge in [-0.25, -0.2) is 4.98 Å². The van der Waals surface area contributed by atoms with Gasteiger partial charge in [0.25, 0.3) is 5.91 Å². The van der Waals surface area contributed by atoms with Crippen molar-refractivity contribution in [3.05, 3.63) is 60.7 Å². The molecule has 7 nitrogen and oxygen atoms in total. The van der Waals surface area contributed by atoms with Gasteiger partial charge in [-0.15, -0.1) is 0 Å². The highest BCUT2D eigenvalue weighted by Crippen LogP contribution is 2.39. The van der Waals surface area contributed by atoms with Crippen molar-refractivity contribution >= 4 is 23.2 Å². The van der Waals surface area contributed by atoms with E-state index in [9.17, 15) is 9.59 Å². The summed E-state index contributed by atoms with van der Waals surface area (Å²) in [6, 6.07) is 12.6. The zero-order valence-corrected chi connectivity index (χ0v) is 16.5. The minimum absolute atomic E-state index is 0.0674. The first-order valence-corrected chi connectivity index (χ1v) is 9.29. The molecule has 1 unspecified atom stereocenters. The quantitative estimate of drug-likeness (QED) is 0.680. The van der Waals surface area contributed by atoms with Gasteiger partial charge >= 0.3 is 0 Å². The van der Waals surface area contributed by atoms with Crippen LogP contribution in [0.1, 0.15) is 24.4 Å². The number of nitrogens with zero attached hydrogens (tertiary/aromatic N) is 3. The molecule has 2 amide bonds. The van der Waals surface area contributed by atoms with Crippen molar-refractivity contribution in [2.75, 3.05) is 23.5 Å². The Hall–Kier alpha value is -3.61. The summed E-state index contributed by atoms with van der Waals surface area (Å²) >= 11 is 0. The van der Waals surface area contributed by atoms with Crippen LogP contribution in [0.5, 0.6) is 5.88 Å². The third kappa shape index (κ3) is 3.35. The fourth-order valence-corrected chi connectivity index (χ4v) is 3.71. The molecule has 4 rings (SSSR count). The van der Waals surface area contributed by atoms with Crippen LogP contribution in [-0.4, -0.2) is 36.5 Å². The van der Waals surface area contributed by atoms with E-state index in [1.807, 2.05) is 37.3 Å². The maximum atomic E-state index is 13.1. The van der Waals surface area contributed by atoms with E-state index in [2.05, 4.69) is 4.98 Å². The first-order valence-electron chi connectivity index (χ1n) is 9.29. The van der Waals surface area contributed by atoms with Crippen molar-refractivity contribution in [2.45, 2.75) is 19.9 Å². The van der Waals surface area contributed by atoms with E-state index < -0.39 is 0 Å². The number of hydrogen-bond acceptors (Lipinski definition) is 5. The molecule has 0 radical (unpaired) electrons. The van der Waals surface area contributed by atoms with Crippen LogP contribution >= 0.6 is 0 Å². The van der Waals surface area contributed by atoms with Crippen molar-refractivity contribution in [1.82, 2.24) is 4.98 Å². The van der Waals surface area contributed by atoms with Crippen LogP contribution < -0.4 is 14.5 Å². The predicted octanol–water partition coefficient (Wildman–Crippen LogP) is 3.75. The van der Waals surface area contributed by atoms with Crippen LogP contribution in [-0.2, 0) is 4.79 Å². The molecule has 0 N–H and O–H groups in total. The van der Waals surface area contributed by atoms with Gasteiger partial charge in [0.05, 0.1) is 30.8 Å². The van der Waals surface area contributed by atoms with Gasteiger partial charge in [-0.3, -0.25) is 9.59 Å². The normalized spacial score (nSPS) is 15.8. The lowest BCUT2D eigenvalue weighted by Crippen LogP contribution is -2.51. The number of ether oxygens (including phenoxy) is 1. The summed E-state index contributed by atoms with van der Waals surface area (Å²) < 4.78 is 10.5. The second-order valence-corrected chi connectivity index (χ2v) is 6.92. The molecular weight excluding hydrogens is 370 g/mol. The number of furan rings is 1. The minimum Gasteiger partial charge on any atom is -0.481 e. The molecule has 0 saturated carbocycles. The maximum absolute atomic E-state index is 13.1. The first-order chi connectivity index (χ1) is 14.0. The number of methoxy groups -OCH3 is 1. The SMILES string of the molecule is COc1cc(-c2ccc3c(c2)N(C(=O)c2ccco2)CC(C)N3C(C)=O)ccn1. The molecule has 2 aromatic heterocycles. The summed E-state index contributed by atoms with van der Waals surface area (Å²) in [7, 11) is 1.56. The molecule has 0 fully saturated rings. The van der Waals surface area contributed by atoms with E-state index in [1.54, 1.807) is 35.2 Å². The fraction of sp³-hybridized carbons (Fsp3) is 0.227. The summed E-state index contributed by atoms with van der Waals surface area (Å²) in [5.41, 5.74) is 3.15. The Morgan fingerprint density at radius 2 is 1.93 bits per heavy atom. The fourth-order valence-electron chi connectivity index (χ4n) is 3.71. The molecule has 0 saturated heterocycles. The van der Waals surface area contributed by atoms with Crippen LogP contribution in [0.25, 0.3) is 11.1 Å².